The molecule has 1 saturated carbocycles. The van der Waals surface area contributed by atoms with Gasteiger partial charge in [-0.05, 0) is 56.1 Å². The number of hydrogen-bond donors (Lipinski definition) is 1. The molecule has 2 unspecified atom stereocenters. The van der Waals surface area contributed by atoms with Crippen molar-refractivity contribution in [2.45, 2.75) is 65.8 Å². The van der Waals surface area contributed by atoms with E-state index in [0.29, 0.717) is 11.5 Å². The number of aryl methyl sites for hydroxylation is 1. The van der Waals surface area contributed by atoms with E-state index in [4.69, 9.17) is 0 Å². The lowest BCUT2D eigenvalue weighted by molar-refractivity contribution is 0.214. The Balaban J connectivity index is 1.91. The van der Waals surface area contributed by atoms with Gasteiger partial charge >= 0.3 is 0 Å². The fourth-order valence-corrected chi connectivity index (χ4v) is 3.20. The highest BCUT2D eigenvalue weighted by molar-refractivity contribution is 5.45. The predicted octanol–water partition coefficient (Wildman–Crippen LogP) is 5.40. The molecule has 0 aliphatic heterocycles. The third-order valence-electron chi connectivity index (χ3n) is 4.62. The van der Waals surface area contributed by atoms with Gasteiger partial charge in [0.25, 0.3) is 0 Å². The molecule has 0 heterocycles. The Kier molecular flexibility index (Phi) is 4.54. The summed E-state index contributed by atoms with van der Waals surface area (Å²) in [7, 11) is 0. The van der Waals surface area contributed by atoms with Crippen LogP contribution in [0, 0.1) is 18.3 Å². The molecular formula is C18H29N. The highest BCUT2D eigenvalue weighted by atomic mass is 14.9. The molecule has 0 spiro atoms. The zero-order valence-corrected chi connectivity index (χ0v) is 13.0. The molecule has 0 saturated heterocycles. The Morgan fingerprint density at radius 1 is 0.947 bits per heavy atom. The highest BCUT2D eigenvalue weighted by Crippen LogP contribution is 2.37. The summed E-state index contributed by atoms with van der Waals surface area (Å²) in [6.45, 7) is 9.32. The minimum atomic E-state index is 0.471. The molecule has 1 fully saturated rings. The first-order valence-electron chi connectivity index (χ1n) is 7.78. The largest absolute Gasteiger partial charge is 0.382 e. The standard InChI is InChI=1S/C18H29N/c1-14-8-11-17(12-9-14)19-16-7-5-6-15(10-13-16)18(2,3)4/h8-9,11-12,15-16,19H,5-7,10,13H2,1-4H3. The number of nitrogens with one attached hydrogen (secondary N) is 1. The van der Waals surface area contributed by atoms with Crippen LogP contribution in [0.15, 0.2) is 24.3 Å². The van der Waals surface area contributed by atoms with E-state index in [1.54, 1.807) is 0 Å². The van der Waals surface area contributed by atoms with Crippen LogP contribution < -0.4 is 5.32 Å². The second-order valence-electron chi connectivity index (χ2n) is 7.28. The molecule has 0 radical (unpaired) electrons. The Morgan fingerprint density at radius 2 is 1.63 bits per heavy atom. The van der Waals surface area contributed by atoms with Gasteiger partial charge in [-0.3, -0.25) is 0 Å². The normalized spacial score (nSPS) is 24.8. The van der Waals surface area contributed by atoms with Gasteiger partial charge in [-0.15, -0.1) is 0 Å². The fraction of sp³-hybridized carbons (Fsp3) is 0.667. The van der Waals surface area contributed by atoms with Crippen molar-refractivity contribution in [1.82, 2.24) is 0 Å². The summed E-state index contributed by atoms with van der Waals surface area (Å²) in [6, 6.07) is 9.46. The van der Waals surface area contributed by atoms with Crippen molar-refractivity contribution in [3.05, 3.63) is 29.8 Å². The zero-order valence-electron chi connectivity index (χ0n) is 13.0. The lowest BCUT2D eigenvalue weighted by Crippen LogP contribution is -2.21. The average Bonchev–Trinajstić information content (AvgIpc) is 2.57. The van der Waals surface area contributed by atoms with Crippen molar-refractivity contribution in [1.29, 1.82) is 0 Å². The molecule has 1 aliphatic carbocycles. The maximum atomic E-state index is 3.72. The minimum absolute atomic E-state index is 0.471. The van der Waals surface area contributed by atoms with E-state index in [1.165, 1.54) is 43.4 Å². The average molecular weight is 259 g/mol. The number of rotatable bonds is 2. The topological polar surface area (TPSA) is 12.0 Å². The molecular weight excluding hydrogens is 230 g/mol. The van der Waals surface area contributed by atoms with Crippen LogP contribution in [0.5, 0.6) is 0 Å². The van der Waals surface area contributed by atoms with E-state index in [0.717, 1.165) is 5.92 Å². The fourth-order valence-electron chi connectivity index (χ4n) is 3.20. The van der Waals surface area contributed by atoms with Gasteiger partial charge in [-0.1, -0.05) is 44.9 Å². The molecule has 0 amide bonds. The zero-order chi connectivity index (χ0) is 13.9. The quantitative estimate of drug-likeness (QED) is 0.701. The minimum Gasteiger partial charge on any atom is -0.382 e. The van der Waals surface area contributed by atoms with Crippen molar-refractivity contribution in [2.24, 2.45) is 11.3 Å². The molecule has 1 nitrogen and oxygen atoms in total. The predicted molar refractivity (Wildman–Crippen MR) is 84.6 cm³/mol. The Labute approximate surface area is 118 Å². The molecule has 2 rings (SSSR count). The van der Waals surface area contributed by atoms with Crippen LogP contribution in [0.3, 0.4) is 0 Å². The third-order valence-corrected chi connectivity index (χ3v) is 4.62. The molecule has 1 aromatic carbocycles. The van der Waals surface area contributed by atoms with Gasteiger partial charge in [-0.2, -0.15) is 0 Å². The van der Waals surface area contributed by atoms with Gasteiger partial charge in [0.1, 0.15) is 0 Å². The molecule has 19 heavy (non-hydrogen) atoms. The first-order valence-corrected chi connectivity index (χ1v) is 7.78. The molecule has 106 valence electrons. The van der Waals surface area contributed by atoms with Gasteiger partial charge in [0.2, 0.25) is 0 Å². The third kappa shape index (κ3) is 4.26. The van der Waals surface area contributed by atoms with Crippen molar-refractivity contribution in [3.63, 3.8) is 0 Å². The van der Waals surface area contributed by atoms with Crippen molar-refractivity contribution in [2.75, 3.05) is 5.32 Å². The van der Waals surface area contributed by atoms with Crippen LogP contribution in [0.25, 0.3) is 0 Å². The van der Waals surface area contributed by atoms with Gasteiger partial charge in [0.15, 0.2) is 0 Å². The van der Waals surface area contributed by atoms with Crippen molar-refractivity contribution < 1.29 is 0 Å². The number of benzene rings is 1. The van der Waals surface area contributed by atoms with E-state index < -0.39 is 0 Å². The number of hydrogen-bond acceptors (Lipinski definition) is 1. The second-order valence-corrected chi connectivity index (χ2v) is 7.28. The summed E-state index contributed by atoms with van der Waals surface area (Å²) < 4.78 is 0. The van der Waals surface area contributed by atoms with Gasteiger partial charge in [0.05, 0.1) is 0 Å². The van der Waals surface area contributed by atoms with Crippen LogP contribution in [0.4, 0.5) is 5.69 Å². The van der Waals surface area contributed by atoms with E-state index in [-0.39, 0.29) is 0 Å². The lowest BCUT2D eigenvalue weighted by atomic mass is 9.76. The SMILES string of the molecule is Cc1ccc(NC2CCCC(C(C)(C)C)CC2)cc1. The summed E-state index contributed by atoms with van der Waals surface area (Å²) in [5.74, 6) is 0.886. The van der Waals surface area contributed by atoms with E-state index in [2.05, 4.69) is 57.3 Å². The molecule has 0 aromatic heterocycles. The summed E-state index contributed by atoms with van der Waals surface area (Å²) >= 11 is 0. The van der Waals surface area contributed by atoms with Crippen molar-refractivity contribution >= 4 is 5.69 Å². The molecule has 1 aliphatic rings. The van der Waals surface area contributed by atoms with Crippen LogP contribution >= 0.6 is 0 Å². The molecule has 1 N–H and O–H groups in total. The summed E-state index contributed by atoms with van der Waals surface area (Å²) in [5, 5.41) is 3.72. The lowest BCUT2D eigenvalue weighted by Gasteiger charge is -2.29. The van der Waals surface area contributed by atoms with Gasteiger partial charge in [0, 0.05) is 11.7 Å². The van der Waals surface area contributed by atoms with Crippen LogP contribution in [0.2, 0.25) is 0 Å². The van der Waals surface area contributed by atoms with Crippen LogP contribution in [0.1, 0.15) is 58.4 Å². The van der Waals surface area contributed by atoms with E-state index in [1.807, 2.05) is 0 Å². The smallest absolute Gasteiger partial charge is 0.0342 e. The Hall–Kier alpha value is -0.980. The number of anilines is 1. The maximum Gasteiger partial charge on any atom is 0.0342 e. The molecule has 0 bridgehead atoms. The monoisotopic (exact) mass is 259 g/mol. The molecule has 2 atom stereocenters. The maximum absolute atomic E-state index is 3.72. The van der Waals surface area contributed by atoms with Gasteiger partial charge < -0.3 is 5.32 Å². The first kappa shape index (κ1) is 14.4. The molecule has 1 heteroatoms. The second kappa shape index (κ2) is 5.98. The van der Waals surface area contributed by atoms with E-state index >= 15 is 0 Å². The van der Waals surface area contributed by atoms with Gasteiger partial charge in [-0.25, -0.2) is 0 Å². The highest BCUT2D eigenvalue weighted by Gasteiger charge is 2.27. The van der Waals surface area contributed by atoms with E-state index in [9.17, 15) is 0 Å². The summed E-state index contributed by atoms with van der Waals surface area (Å²) in [5.41, 5.74) is 3.09. The summed E-state index contributed by atoms with van der Waals surface area (Å²) in [6.07, 6.45) is 6.77. The Morgan fingerprint density at radius 3 is 2.26 bits per heavy atom. The van der Waals surface area contributed by atoms with Crippen LogP contribution in [-0.2, 0) is 0 Å². The summed E-state index contributed by atoms with van der Waals surface area (Å²) in [4.78, 5) is 0. The molecule has 1 aromatic rings. The van der Waals surface area contributed by atoms with Crippen LogP contribution in [-0.4, -0.2) is 6.04 Å². The first-order chi connectivity index (χ1) is 8.95. The van der Waals surface area contributed by atoms with Crippen molar-refractivity contribution in [3.8, 4) is 0 Å². The Bertz CT molecular complexity index is 385.